The summed E-state index contributed by atoms with van der Waals surface area (Å²) in [5.74, 6) is 0.156. The van der Waals surface area contributed by atoms with Crippen LogP contribution in [-0.4, -0.2) is 39.3 Å². The van der Waals surface area contributed by atoms with E-state index in [1.54, 1.807) is 0 Å². The lowest BCUT2D eigenvalue weighted by molar-refractivity contribution is -0.122. The number of nitrogens with zero attached hydrogens (tertiary/aromatic N) is 1. The molecular formula is C14H19N3O2. The Labute approximate surface area is 112 Å². The second-order valence-electron chi connectivity index (χ2n) is 5.45. The molecule has 5 nitrogen and oxygen atoms in total. The molecule has 1 aromatic carbocycles. The zero-order chi connectivity index (χ0) is 13.5. The Bertz CT molecular complexity index is 506. The molecule has 3 N–H and O–H groups in total. The number of hydrogen-bond acceptors (Lipinski definition) is 4. The first-order chi connectivity index (χ1) is 9.17. The van der Waals surface area contributed by atoms with Crippen molar-refractivity contribution in [3.8, 4) is 0 Å². The number of nitrogens with two attached hydrogens (primary N) is 1. The van der Waals surface area contributed by atoms with Gasteiger partial charge in [-0.05, 0) is 23.8 Å². The minimum Gasteiger partial charge on any atom is -0.388 e. The highest BCUT2D eigenvalue weighted by Gasteiger charge is 2.42. The molecule has 2 aliphatic heterocycles. The third-order valence-corrected chi connectivity index (χ3v) is 4.04. The monoisotopic (exact) mass is 261 g/mol. The third-order valence-electron chi connectivity index (χ3n) is 4.04. The number of anilines is 2. The molecule has 1 saturated heterocycles. The van der Waals surface area contributed by atoms with Gasteiger partial charge >= 0.3 is 0 Å². The van der Waals surface area contributed by atoms with Crippen molar-refractivity contribution in [3.63, 3.8) is 0 Å². The number of nitrogens with one attached hydrogen (secondary N) is 1. The Morgan fingerprint density at radius 1 is 1.47 bits per heavy atom. The lowest BCUT2D eigenvalue weighted by Crippen LogP contribution is -2.55. The molecule has 0 radical (unpaired) electrons. The van der Waals surface area contributed by atoms with E-state index in [0.717, 1.165) is 16.9 Å². The molecule has 3 rings (SSSR count). The molecule has 0 saturated carbocycles. The lowest BCUT2D eigenvalue weighted by atomic mass is 9.85. The minimum atomic E-state index is -0.0566. The summed E-state index contributed by atoms with van der Waals surface area (Å²) in [7, 11) is 1.88. The van der Waals surface area contributed by atoms with E-state index < -0.39 is 0 Å². The molecule has 1 fully saturated rings. The molecule has 2 heterocycles. The average Bonchev–Trinajstić information content (AvgIpc) is 2.68. The maximum atomic E-state index is 12.2. The van der Waals surface area contributed by atoms with Gasteiger partial charge in [-0.3, -0.25) is 4.79 Å². The van der Waals surface area contributed by atoms with E-state index in [-0.39, 0.29) is 11.3 Å². The first-order valence-corrected chi connectivity index (χ1v) is 6.56. The number of ether oxygens (including phenoxy) is 1. The van der Waals surface area contributed by atoms with Crippen molar-refractivity contribution in [3.05, 3.63) is 23.8 Å². The summed E-state index contributed by atoms with van der Waals surface area (Å²) >= 11 is 0. The van der Waals surface area contributed by atoms with E-state index in [0.29, 0.717) is 32.7 Å². The van der Waals surface area contributed by atoms with E-state index in [1.807, 2.05) is 30.1 Å². The number of rotatable bonds is 4. The molecule has 0 unspecified atom stereocenters. The Balaban J connectivity index is 1.86. The average molecular weight is 261 g/mol. The Kier molecular flexibility index (Phi) is 2.95. The van der Waals surface area contributed by atoms with Gasteiger partial charge < -0.3 is 20.7 Å². The van der Waals surface area contributed by atoms with Crippen LogP contribution in [0.2, 0.25) is 0 Å². The summed E-state index contributed by atoms with van der Waals surface area (Å²) in [5.41, 5.74) is 8.91. The van der Waals surface area contributed by atoms with Crippen LogP contribution >= 0.6 is 0 Å². The number of hydrogen-bond donors (Lipinski definition) is 2. The van der Waals surface area contributed by atoms with Gasteiger partial charge in [-0.15, -0.1) is 0 Å². The number of carbonyl (C=O) groups excluding carboxylic acids is 1. The first-order valence-electron chi connectivity index (χ1n) is 6.56. The second kappa shape index (κ2) is 4.51. The Hall–Kier alpha value is -1.59. The number of benzene rings is 1. The molecule has 0 bridgehead atoms. The largest absolute Gasteiger partial charge is 0.388 e. The molecule has 0 atom stereocenters. The highest BCUT2D eigenvalue weighted by atomic mass is 16.5. The van der Waals surface area contributed by atoms with Crippen molar-refractivity contribution in [2.45, 2.75) is 6.42 Å². The fraction of sp³-hybridized carbons (Fsp3) is 0.500. The van der Waals surface area contributed by atoms with E-state index in [2.05, 4.69) is 5.32 Å². The molecule has 1 amide bonds. The predicted octanol–water partition coefficient (Wildman–Crippen LogP) is 0.593. The summed E-state index contributed by atoms with van der Waals surface area (Å²) < 4.78 is 5.27. The van der Waals surface area contributed by atoms with Crippen molar-refractivity contribution in [1.29, 1.82) is 0 Å². The summed E-state index contributed by atoms with van der Waals surface area (Å²) in [6.45, 7) is 2.52. The van der Waals surface area contributed by atoms with Gasteiger partial charge in [0, 0.05) is 36.9 Å². The minimum absolute atomic E-state index is 0.0566. The van der Waals surface area contributed by atoms with Gasteiger partial charge in [0.05, 0.1) is 19.6 Å². The topological polar surface area (TPSA) is 67.6 Å². The van der Waals surface area contributed by atoms with Crippen LogP contribution in [0.25, 0.3) is 0 Å². The van der Waals surface area contributed by atoms with Crippen LogP contribution in [0, 0.1) is 5.41 Å². The van der Waals surface area contributed by atoms with Gasteiger partial charge in [0.1, 0.15) is 0 Å². The maximum Gasteiger partial charge on any atom is 0.231 e. The number of fused-ring (bicyclic) bond motifs is 1. The molecule has 2 aliphatic rings. The van der Waals surface area contributed by atoms with Crippen LogP contribution in [0.4, 0.5) is 11.4 Å². The molecule has 1 aromatic rings. The van der Waals surface area contributed by atoms with Crippen molar-refractivity contribution < 1.29 is 9.53 Å². The van der Waals surface area contributed by atoms with Crippen molar-refractivity contribution >= 4 is 17.3 Å². The molecule has 5 heteroatoms. The standard InChI is InChI=1S/C14H19N3O2/c1-16-11-2-3-12-10(4-11)5-13(18)17(12)7-14(6-15)8-19-9-14/h2-4,16H,5-9,15H2,1H3. The van der Waals surface area contributed by atoms with Crippen LogP contribution < -0.4 is 16.0 Å². The molecular weight excluding hydrogens is 242 g/mol. The van der Waals surface area contributed by atoms with Crippen molar-refractivity contribution in [2.24, 2.45) is 11.1 Å². The molecule has 19 heavy (non-hydrogen) atoms. The molecule has 0 aliphatic carbocycles. The highest BCUT2D eigenvalue weighted by molar-refractivity contribution is 6.01. The van der Waals surface area contributed by atoms with Crippen molar-refractivity contribution in [1.82, 2.24) is 0 Å². The van der Waals surface area contributed by atoms with Gasteiger partial charge in [-0.2, -0.15) is 0 Å². The quantitative estimate of drug-likeness (QED) is 0.832. The molecule has 0 aromatic heterocycles. The van der Waals surface area contributed by atoms with E-state index in [1.165, 1.54) is 0 Å². The second-order valence-corrected chi connectivity index (χ2v) is 5.45. The fourth-order valence-electron chi connectivity index (χ4n) is 2.71. The summed E-state index contributed by atoms with van der Waals surface area (Å²) in [6.07, 6.45) is 0.479. The fourth-order valence-corrected chi connectivity index (χ4v) is 2.71. The molecule has 0 spiro atoms. The summed E-state index contributed by atoms with van der Waals surface area (Å²) in [6, 6.07) is 6.05. The summed E-state index contributed by atoms with van der Waals surface area (Å²) in [5, 5.41) is 3.10. The van der Waals surface area contributed by atoms with Gasteiger partial charge in [-0.25, -0.2) is 0 Å². The van der Waals surface area contributed by atoms with Gasteiger partial charge in [0.2, 0.25) is 5.91 Å². The zero-order valence-corrected chi connectivity index (χ0v) is 11.1. The van der Waals surface area contributed by atoms with Crippen molar-refractivity contribution in [2.75, 3.05) is 43.6 Å². The van der Waals surface area contributed by atoms with Crippen LogP contribution in [0.15, 0.2) is 18.2 Å². The summed E-state index contributed by atoms with van der Waals surface area (Å²) in [4.78, 5) is 14.1. The normalized spacial score (nSPS) is 20.1. The zero-order valence-electron chi connectivity index (χ0n) is 11.1. The van der Waals surface area contributed by atoms with Crippen LogP contribution in [-0.2, 0) is 16.0 Å². The SMILES string of the molecule is CNc1ccc2c(c1)CC(=O)N2CC1(CN)COC1. The van der Waals surface area contributed by atoms with Gasteiger partial charge in [-0.1, -0.05) is 0 Å². The number of amides is 1. The van der Waals surface area contributed by atoms with Crippen LogP contribution in [0.1, 0.15) is 5.56 Å². The van der Waals surface area contributed by atoms with Crippen LogP contribution in [0.5, 0.6) is 0 Å². The Morgan fingerprint density at radius 2 is 2.26 bits per heavy atom. The van der Waals surface area contributed by atoms with Gasteiger partial charge in [0.15, 0.2) is 0 Å². The lowest BCUT2D eigenvalue weighted by Gasteiger charge is -2.43. The van der Waals surface area contributed by atoms with E-state index in [4.69, 9.17) is 10.5 Å². The van der Waals surface area contributed by atoms with E-state index >= 15 is 0 Å². The third kappa shape index (κ3) is 1.99. The first kappa shape index (κ1) is 12.4. The highest BCUT2D eigenvalue weighted by Crippen LogP contribution is 2.36. The smallest absolute Gasteiger partial charge is 0.231 e. The van der Waals surface area contributed by atoms with Gasteiger partial charge in [0.25, 0.3) is 0 Å². The number of carbonyl (C=O) groups is 1. The van der Waals surface area contributed by atoms with E-state index in [9.17, 15) is 4.79 Å². The van der Waals surface area contributed by atoms with Crippen LogP contribution in [0.3, 0.4) is 0 Å². The molecule has 102 valence electrons. The predicted molar refractivity (Wildman–Crippen MR) is 74.4 cm³/mol. The Morgan fingerprint density at radius 3 is 2.84 bits per heavy atom. The maximum absolute atomic E-state index is 12.2.